The first kappa shape index (κ1) is 21.1. The topological polar surface area (TPSA) is 70.7 Å². The fourth-order valence-electron chi connectivity index (χ4n) is 3.87. The fourth-order valence-corrected chi connectivity index (χ4v) is 3.87. The molecule has 154 valence electrons. The van der Waals surface area contributed by atoms with E-state index in [1.165, 1.54) is 19.3 Å². The van der Waals surface area contributed by atoms with Crippen molar-refractivity contribution < 1.29 is 14.6 Å². The molecule has 3 rings (SSSR count). The molecule has 4 heteroatoms. The van der Waals surface area contributed by atoms with Crippen LogP contribution in [0.25, 0.3) is 27.8 Å². The van der Waals surface area contributed by atoms with E-state index in [1.54, 1.807) is 30.4 Å². The molecule has 0 amide bonds. The molecular weight excluding hydrogens is 364 g/mol. The molecule has 0 unspecified atom stereocenters. The number of benzene rings is 2. The first-order valence-electron chi connectivity index (χ1n) is 10.4. The molecule has 0 aliphatic rings. The zero-order valence-electron chi connectivity index (χ0n) is 17.5. The lowest BCUT2D eigenvalue weighted by atomic mass is 9.79. The van der Waals surface area contributed by atoms with Gasteiger partial charge in [-0.15, -0.1) is 0 Å². The number of aliphatic hydroxyl groups excluding tert-OH is 1. The van der Waals surface area contributed by atoms with Crippen molar-refractivity contribution in [2.45, 2.75) is 58.3 Å². The molecule has 0 atom stereocenters. The molecule has 0 spiro atoms. The molecule has 3 aromatic rings. The van der Waals surface area contributed by atoms with Gasteiger partial charge in [-0.3, -0.25) is 0 Å². The van der Waals surface area contributed by atoms with E-state index in [0.29, 0.717) is 21.7 Å². The van der Waals surface area contributed by atoms with Crippen molar-refractivity contribution in [3.8, 4) is 5.75 Å². The highest BCUT2D eigenvalue weighted by molar-refractivity contribution is 6.08. The van der Waals surface area contributed by atoms with Crippen LogP contribution in [0.5, 0.6) is 5.75 Å². The second-order valence-corrected chi connectivity index (χ2v) is 8.34. The van der Waals surface area contributed by atoms with E-state index < -0.39 is 5.63 Å². The van der Waals surface area contributed by atoms with Crippen LogP contribution in [0.2, 0.25) is 0 Å². The lowest BCUT2D eigenvalue weighted by Gasteiger charge is -2.26. The van der Waals surface area contributed by atoms with Gasteiger partial charge in [0.25, 0.3) is 0 Å². The number of unbranched alkanes of at least 4 members (excludes halogenated alkanes) is 3. The third-order valence-electron chi connectivity index (χ3n) is 5.67. The Morgan fingerprint density at radius 2 is 1.86 bits per heavy atom. The van der Waals surface area contributed by atoms with E-state index in [0.717, 1.165) is 24.0 Å². The number of rotatable bonds is 8. The van der Waals surface area contributed by atoms with Gasteiger partial charge in [-0.1, -0.05) is 64.7 Å². The van der Waals surface area contributed by atoms with Gasteiger partial charge < -0.3 is 14.6 Å². The summed E-state index contributed by atoms with van der Waals surface area (Å²) >= 11 is 0. The molecule has 1 aromatic heterocycles. The van der Waals surface area contributed by atoms with Gasteiger partial charge in [-0.05, 0) is 47.2 Å². The van der Waals surface area contributed by atoms with Gasteiger partial charge in [0, 0.05) is 5.39 Å². The highest BCUT2D eigenvalue weighted by Gasteiger charge is 2.23. The third-order valence-corrected chi connectivity index (χ3v) is 5.67. The van der Waals surface area contributed by atoms with Gasteiger partial charge in [0.05, 0.1) is 17.4 Å². The Hall–Kier alpha value is -2.59. The number of phenolic OH excluding ortho intramolecular Hbond substituents is 1. The van der Waals surface area contributed by atoms with E-state index in [1.807, 2.05) is 12.1 Å². The SMILES string of the molecule is CCCCCCC(C)(C)c1cc(O)c2c(c1)oc(=O)c1ccc(C=CCO)cc12. The first-order valence-corrected chi connectivity index (χ1v) is 10.4. The van der Waals surface area contributed by atoms with Crippen molar-refractivity contribution in [1.82, 2.24) is 0 Å². The maximum absolute atomic E-state index is 12.5. The summed E-state index contributed by atoms with van der Waals surface area (Å²) in [6, 6.07) is 9.03. The van der Waals surface area contributed by atoms with Crippen LogP contribution in [0.15, 0.2) is 45.6 Å². The van der Waals surface area contributed by atoms with E-state index in [4.69, 9.17) is 9.52 Å². The van der Waals surface area contributed by atoms with E-state index in [-0.39, 0.29) is 17.8 Å². The van der Waals surface area contributed by atoms with E-state index in [2.05, 4.69) is 20.8 Å². The lowest BCUT2D eigenvalue weighted by molar-refractivity contribution is 0.343. The number of hydrogen-bond donors (Lipinski definition) is 2. The van der Waals surface area contributed by atoms with Crippen molar-refractivity contribution in [3.63, 3.8) is 0 Å². The standard InChI is InChI=1S/C25H30O4/c1-4-5-6-7-12-25(2,3)18-15-21(27)23-20-14-17(9-8-13-26)10-11-19(20)24(28)29-22(23)16-18/h8-11,14-16,26-27H,4-7,12-13H2,1-3H3. The summed E-state index contributed by atoms with van der Waals surface area (Å²) in [5, 5.41) is 21.5. The zero-order chi connectivity index (χ0) is 21.0. The van der Waals surface area contributed by atoms with Crippen molar-refractivity contribution in [2.24, 2.45) is 0 Å². The predicted molar refractivity (Wildman–Crippen MR) is 120 cm³/mol. The Bertz CT molecular complexity index is 1090. The molecule has 0 fully saturated rings. The predicted octanol–water partition coefficient (Wildman–Crippen LogP) is 5.91. The third kappa shape index (κ3) is 4.54. The van der Waals surface area contributed by atoms with Crippen LogP contribution in [0.1, 0.15) is 64.0 Å². The van der Waals surface area contributed by atoms with Gasteiger partial charge in [-0.2, -0.15) is 0 Å². The smallest absolute Gasteiger partial charge is 0.344 e. The molecule has 29 heavy (non-hydrogen) atoms. The van der Waals surface area contributed by atoms with Gasteiger partial charge >= 0.3 is 5.63 Å². The van der Waals surface area contributed by atoms with Gasteiger partial charge in [-0.25, -0.2) is 4.79 Å². The average molecular weight is 395 g/mol. The summed E-state index contributed by atoms with van der Waals surface area (Å²) in [5.74, 6) is 0.121. The Morgan fingerprint density at radius 3 is 2.59 bits per heavy atom. The Kier molecular flexibility index (Phi) is 6.43. The first-order chi connectivity index (χ1) is 13.9. The molecule has 4 nitrogen and oxygen atoms in total. The van der Waals surface area contributed by atoms with Crippen LogP contribution in [0.4, 0.5) is 0 Å². The summed E-state index contributed by atoms with van der Waals surface area (Å²) in [4.78, 5) is 12.5. The number of hydrogen-bond acceptors (Lipinski definition) is 4. The van der Waals surface area contributed by atoms with Crippen molar-refractivity contribution in [2.75, 3.05) is 6.61 Å². The van der Waals surface area contributed by atoms with Crippen molar-refractivity contribution >= 4 is 27.8 Å². The maximum Gasteiger partial charge on any atom is 0.344 e. The second-order valence-electron chi connectivity index (χ2n) is 8.34. The van der Waals surface area contributed by atoms with E-state index >= 15 is 0 Å². The molecule has 2 aromatic carbocycles. The minimum atomic E-state index is -0.414. The summed E-state index contributed by atoms with van der Waals surface area (Å²) in [6.07, 6.45) is 9.17. The van der Waals surface area contributed by atoms with Crippen LogP contribution >= 0.6 is 0 Å². The van der Waals surface area contributed by atoms with Crippen LogP contribution in [-0.4, -0.2) is 16.8 Å². The molecular formula is C25H30O4. The molecule has 0 aliphatic carbocycles. The minimum Gasteiger partial charge on any atom is -0.507 e. The number of aliphatic hydroxyl groups is 1. The monoisotopic (exact) mass is 394 g/mol. The molecule has 0 aliphatic heterocycles. The van der Waals surface area contributed by atoms with Crippen molar-refractivity contribution in [1.29, 1.82) is 0 Å². The fraction of sp³-hybridized carbons (Fsp3) is 0.400. The number of phenols is 1. The van der Waals surface area contributed by atoms with Crippen LogP contribution in [0, 0.1) is 0 Å². The largest absolute Gasteiger partial charge is 0.507 e. The molecule has 0 saturated carbocycles. The van der Waals surface area contributed by atoms with Crippen LogP contribution in [-0.2, 0) is 5.41 Å². The number of fused-ring (bicyclic) bond motifs is 3. The van der Waals surface area contributed by atoms with Gasteiger partial charge in [0.1, 0.15) is 11.3 Å². The van der Waals surface area contributed by atoms with Gasteiger partial charge in [0.2, 0.25) is 0 Å². The Morgan fingerprint density at radius 1 is 1.07 bits per heavy atom. The molecule has 0 bridgehead atoms. The summed E-state index contributed by atoms with van der Waals surface area (Å²) in [7, 11) is 0. The normalized spacial score (nSPS) is 12.4. The molecule has 2 N–H and O–H groups in total. The highest BCUT2D eigenvalue weighted by Crippen LogP contribution is 2.38. The summed E-state index contributed by atoms with van der Waals surface area (Å²) in [6.45, 7) is 6.47. The summed E-state index contributed by atoms with van der Waals surface area (Å²) in [5.41, 5.74) is 1.68. The van der Waals surface area contributed by atoms with Crippen LogP contribution in [0.3, 0.4) is 0 Å². The molecule has 0 saturated heterocycles. The highest BCUT2D eigenvalue weighted by atomic mass is 16.4. The van der Waals surface area contributed by atoms with Crippen LogP contribution < -0.4 is 5.63 Å². The quantitative estimate of drug-likeness (QED) is 0.283. The number of aromatic hydroxyl groups is 1. The average Bonchev–Trinajstić information content (AvgIpc) is 2.69. The maximum atomic E-state index is 12.5. The molecule has 1 heterocycles. The zero-order valence-corrected chi connectivity index (χ0v) is 17.5. The Balaban J connectivity index is 2.11. The minimum absolute atomic E-state index is 0.0579. The molecule has 0 radical (unpaired) electrons. The second kappa shape index (κ2) is 8.83. The van der Waals surface area contributed by atoms with Crippen molar-refractivity contribution in [3.05, 3.63) is 58.0 Å². The van der Waals surface area contributed by atoms with E-state index in [9.17, 15) is 9.90 Å². The van der Waals surface area contributed by atoms with Gasteiger partial charge in [0.15, 0.2) is 0 Å². The lowest BCUT2D eigenvalue weighted by Crippen LogP contribution is -2.17. The Labute approximate surface area is 171 Å². The summed E-state index contributed by atoms with van der Waals surface area (Å²) < 4.78 is 5.58.